The molecule has 33 heavy (non-hydrogen) atoms. The summed E-state index contributed by atoms with van der Waals surface area (Å²) in [6.45, 7) is 3.06. The Morgan fingerprint density at radius 1 is 0.970 bits per heavy atom. The molecule has 0 saturated carbocycles. The van der Waals surface area contributed by atoms with Gasteiger partial charge >= 0.3 is 6.09 Å². The van der Waals surface area contributed by atoms with E-state index in [1.54, 1.807) is 42.2 Å². The molecule has 2 aliphatic rings. The average molecular weight is 472 g/mol. The average Bonchev–Trinajstić information content (AvgIpc) is 2.83. The van der Waals surface area contributed by atoms with Gasteiger partial charge in [-0.3, -0.25) is 10.1 Å². The van der Waals surface area contributed by atoms with Crippen molar-refractivity contribution in [2.24, 2.45) is 0 Å². The van der Waals surface area contributed by atoms with Gasteiger partial charge in [-0.15, -0.1) is 0 Å². The highest BCUT2D eigenvalue weighted by Crippen LogP contribution is 2.26. The Morgan fingerprint density at radius 2 is 1.70 bits per heavy atom. The van der Waals surface area contributed by atoms with Crippen LogP contribution in [0.5, 0.6) is 0 Å². The summed E-state index contributed by atoms with van der Waals surface area (Å²) in [5.41, 5.74) is 3.27. The number of rotatable bonds is 5. The zero-order valence-electron chi connectivity index (χ0n) is 18.7. The van der Waals surface area contributed by atoms with Crippen LogP contribution in [0.1, 0.15) is 41.3 Å². The first-order valence-corrected chi connectivity index (χ1v) is 12.8. The van der Waals surface area contributed by atoms with E-state index in [-0.39, 0.29) is 25.6 Å². The molecule has 1 heterocycles. The van der Waals surface area contributed by atoms with Crippen molar-refractivity contribution in [2.45, 2.75) is 37.5 Å². The van der Waals surface area contributed by atoms with Crippen molar-refractivity contribution < 1.29 is 22.7 Å². The number of hydrogen-bond acceptors (Lipinski definition) is 5. The molecule has 1 aliphatic heterocycles. The maximum atomic E-state index is 13.2. The van der Waals surface area contributed by atoms with Gasteiger partial charge < -0.3 is 9.64 Å². The number of fused-ring (bicyclic) bond motifs is 1. The minimum Gasteiger partial charge on any atom is -0.450 e. The number of carbonyl (C=O) groups excluding carboxylic acids is 2. The van der Waals surface area contributed by atoms with Gasteiger partial charge in [-0.2, -0.15) is 4.31 Å². The fourth-order valence-electron chi connectivity index (χ4n) is 4.35. The van der Waals surface area contributed by atoms with Crippen LogP contribution in [0.25, 0.3) is 0 Å². The Balaban J connectivity index is 1.40. The number of sulfonamides is 1. The maximum absolute atomic E-state index is 13.2. The van der Waals surface area contributed by atoms with Gasteiger partial charge in [-0.05, 0) is 74.1 Å². The van der Waals surface area contributed by atoms with E-state index in [4.69, 9.17) is 4.74 Å². The molecule has 0 spiro atoms. The first kappa shape index (κ1) is 23.3. The number of benzene rings is 2. The van der Waals surface area contributed by atoms with Crippen molar-refractivity contribution in [1.82, 2.24) is 9.21 Å². The predicted molar refractivity (Wildman–Crippen MR) is 125 cm³/mol. The van der Waals surface area contributed by atoms with Gasteiger partial charge in [0.2, 0.25) is 10.0 Å². The van der Waals surface area contributed by atoms with Crippen LogP contribution in [0, 0.1) is 0 Å². The predicted octanol–water partition coefficient (Wildman–Crippen LogP) is 3.28. The lowest BCUT2D eigenvalue weighted by Gasteiger charge is -2.34. The molecule has 2 aromatic rings. The van der Waals surface area contributed by atoms with Crippen LogP contribution in [0.4, 0.5) is 10.5 Å². The van der Waals surface area contributed by atoms with Crippen molar-refractivity contribution in [1.29, 1.82) is 0 Å². The molecular weight excluding hydrogens is 442 g/mol. The quantitative estimate of drug-likeness (QED) is 0.722. The lowest BCUT2D eigenvalue weighted by atomic mass is 9.92. The Morgan fingerprint density at radius 3 is 2.42 bits per heavy atom. The Bertz CT molecular complexity index is 1140. The van der Waals surface area contributed by atoms with Crippen LogP contribution >= 0.6 is 0 Å². The van der Waals surface area contributed by atoms with E-state index in [1.165, 1.54) is 9.87 Å². The van der Waals surface area contributed by atoms with Gasteiger partial charge in [0.15, 0.2) is 0 Å². The van der Waals surface area contributed by atoms with E-state index in [9.17, 15) is 18.0 Å². The lowest BCUT2D eigenvalue weighted by Crippen LogP contribution is -2.50. The minimum atomic E-state index is -3.60. The minimum absolute atomic E-state index is 0.201. The van der Waals surface area contributed by atoms with Crippen molar-refractivity contribution in [3.63, 3.8) is 0 Å². The van der Waals surface area contributed by atoms with Gasteiger partial charge in [0.1, 0.15) is 0 Å². The number of ether oxygens (including phenoxy) is 1. The molecule has 0 radical (unpaired) electrons. The van der Waals surface area contributed by atoms with Crippen LogP contribution < -0.4 is 5.32 Å². The molecule has 0 atom stereocenters. The summed E-state index contributed by atoms with van der Waals surface area (Å²) < 4.78 is 32.7. The standard InChI is InChI=1S/C24H29N3O5S/c1-2-32-24(29)25-21-9-5-8-20(16-21)23(28)26-12-14-27(15-13-26)33(30,31)22-11-10-18-6-3-4-7-19(18)17-22/h5,8-11,16-17H,2-4,6-7,12-15H2,1H3,(H,25,29). The summed E-state index contributed by atoms with van der Waals surface area (Å²) in [6.07, 6.45) is 3.59. The topological polar surface area (TPSA) is 96.0 Å². The number of nitrogens with zero attached hydrogens (tertiary/aromatic N) is 2. The Labute approximate surface area is 194 Å². The summed E-state index contributed by atoms with van der Waals surface area (Å²) in [6, 6.07) is 12.1. The molecule has 1 aliphatic carbocycles. The van der Waals surface area contributed by atoms with Crippen LogP contribution in [0.3, 0.4) is 0 Å². The molecule has 0 bridgehead atoms. The van der Waals surface area contributed by atoms with E-state index in [1.807, 2.05) is 12.1 Å². The smallest absolute Gasteiger partial charge is 0.411 e. The van der Waals surface area contributed by atoms with E-state index < -0.39 is 16.1 Å². The van der Waals surface area contributed by atoms with E-state index >= 15 is 0 Å². The third kappa shape index (κ3) is 5.20. The number of amides is 2. The molecule has 1 N–H and O–H groups in total. The zero-order chi connectivity index (χ0) is 23.4. The van der Waals surface area contributed by atoms with Crippen molar-refractivity contribution in [3.05, 3.63) is 59.2 Å². The second-order valence-electron chi connectivity index (χ2n) is 8.26. The maximum Gasteiger partial charge on any atom is 0.411 e. The van der Waals surface area contributed by atoms with Gasteiger partial charge in [-0.25, -0.2) is 13.2 Å². The lowest BCUT2D eigenvalue weighted by molar-refractivity contribution is 0.0698. The number of aryl methyl sites for hydroxylation is 2. The third-order valence-corrected chi connectivity index (χ3v) is 8.01. The van der Waals surface area contributed by atoms with Gasteiger partial charge in [0.05, 0.1) is 11.5 Å². The third-order valence-electron chi connectivity index (χ3n) is 6.11. The van der Waals surface area contributed by atoms with E-state index in [0.29, 0.717) is 29.2 Å². The molecular formula is C24H29N3O5S. The van der Waals surface area contributed by atoms with Crippen LogP contribution in [0.2, 0.25) is 0 Å². The number of nitrogens with one attached hydrogen (secondary N) is 1. The highest BCUT2D eigenvalue weighted by molar-refractivity contribution is 7.89. The van der Waals surface area contributed by atoms with Crippen LogP contribution in [0.15, 0.2) is 47.4 Å². The normalized spacial score (nSPS) is 16.7. The molecule has 176 valence electrons. The van der Waals surface area contributed by atoms with Crippen molar-refractivity contribution in [3.8, 4) is 0 Å². The summed E-state index contributed by atoms with van der Waals surface area (Å²) in [4.78, 5) is 26.6. The number of carbonyl (C=O) groups is 2. The second-order valence-corrected chi connectivity index (χ2v) is 10.2. The van der Waals surface area contributed by atoms with Crippen molar-refractivity contribution in [2.75, 3.05) is 38.1 Å². The van der Waals surface area contributed by atoms with E-state index in [2.05, 4.69) is 5.32 Å². The van der Waals surface area contributed by atoms with Crippen molar-refractivity contribution >= 4 is 27.7 Å². The largest absolute Gasteiger partial charge is 0.450 e. The first-order valence-electron chi connectivity index (χ1n) is 11.3. The number of piperazine rings is 1. The molecule has 0 aromatic heterocycles. The highest BCUT2D eigenvalue weighted by Gasteiger charge is 2.31. The van der Waals surface area contributed by atoms with Crippen LogP contribution in [-0.4, -0.2) is 62.4 Å². The van der Waals surface area contributed by atoms with Gasteiger partial charge in [0.25, 0.3) is 5.91 Å². The summed E-state index contributed by atoms with van der Waals surface area (Å²) >= 11 is 0. The first-order chi connectivity index (χ1) is 15.9. The highest BCUT2D eigenvalue weighted by atomic mass is 32.2. The Kier molecular flexibility index (Phi) is 6.99. The fraction of sp³-hybridized carbons (Fsp3) is 0.417. The SMILES string of the molecule is CCOC(=O)Nc1cccc(C(=O)N2CCN(S(=O)(=O)c3ccc4c(c3)CCCC4)CC2)c1. The molecule has 1 saturated heterocycles. The summed E-state index contributed by atoms with van der Waals surface area (Å²) in [5, 5.41) is 2.59. The molecule has 1 fully saturated rings. The Hall–Kier alpha value is -2.91. The monoisotopic (exact) mass is 471 g/mol. The molecule has 4 rings (SSSR count). The fourth-order valence-corrected chi connectivity index (χ4v) is 5.82. The van der Waals surface area contributed by atoms with Crippen LogP contribution in [-0.2, 0) is 27.6 Å². The summed E-state index contributed by atoms with van der Waals surface area (Å²) in [5.74, 6) is -0.201. The summed E-state index contributed by atoms with van der Waals surface area (Å²) in [7, 11) is -3.60. The van der Waals surface area contributed by atoms with Gasteiger partial charge in [-0.1, -0.05) is 12.1 Å². The van der Waals surface area contributed by atoms with E-state index in [0.717, 1.165) is 31.2 Å². The molecule has 9 heteroatoms. The number of hydrogen-bond donors (Lipinski definition) is 1. The van der Waals surface area contributed by atoms with Gasteiger partial charge in [0, 0.05) is 37.4 Å². The zero-order valence-corrected chi connectivity index (χ0v) is 19.6. The molecule has 2 amide bonds. The molecule has 2 aromatic carbocycles. The molecule has 8 nitrogen and oxygen atoms in total. The number of anilines is 1. The second kappa shape index (κ2) is 9.93. The molecule has 0 unspecified atom stereocenters.